The summed E-state index contributed by atoms with van der Waals surface area (Å²) in [5.74, 6) is 0.251. The number of aromatic nitrogens is 1. The van der Waals surface area contributed by atoms with E-state index in [-0.39, 0.29) is 11.8 Å². The van der Waals surface area contributed by atoms with Crippen LogP contribution in [0.3, 0.4) is 0 Å². The molecule has 2 N–H and O–H groups in total. The van der Waals surface area contributed by atoms with Gasteiger partial charge in [0.25, 0.3) is 0 Å². The molecule has 1 aliphatic carbocycles. The molecule has 0 saturated heterocycles. The van der Waals surface area contributed by atoms with Crippen LogP contribution in [0.2, 0.25) is 0 Å². The normalized spacial score (nSPS) is 13.7. The Balaban J connectivity index is 1.50. The summed E-state index contributed by atoms with van der Waals surface area (Å²) < 4.78 is 0. The molecule has 1 fully saturated rings. The molecule has 2 aromatic rings. The number of carbonyl (C=O) groups excluding carboxylic acids is 2. The number of hydrogen-bond donors (Lipinski definition) is 2. The molecular weight excluding hydrogens is 384 g/mol. The average Bonchev–Trinajstić information content (AvgIpc) is 3.40. The quantitative estimate of drug-likeness (QED) is 0.641. The minimum absolute atomic E-state index is 0.0347. The van der Waals surface area contributed by atoms with Crippen LogP contribution in [0.5, 0.6) is 0 Å². The molecule has 1 heterocycles. The van der Waals surface area contributed by atoms with Crippen molar-refractivity contribution >= 4 is 34.0 Å². The first-order chi connectivity index (χ1) is 13.8. The number of nitrogens with zero attached hydrogens (tertiary/aromatic N) is 2. The van der Waals surface area contributed by atoms with Crippen LogP contribution in [0.25, 0.3) is 0 Å². The van der Waals surface area contributed by atoms with Gasteiger partial charge in [0.1, 0.15) is 0 Å². The summed E-state index contributed by atoms with van der Waals surface area (Å²) in [4.78, 5) is 31.4. The number of rotatable bonds is 9. The van der Waals surface area contributed by atoms with E-state index in [4.69, 9.17) is 0 Å². The Morgan fingerprint density at radius 3 is 2.62 bits per heavy atom. The Kier molecular flexibility index (Phi) is 7.03. The van der Waals surface area contributed by atoms with Crippen LogP contribution in [-0.4, -0.2) is 40.8 Å². The molecule has 0 radical (unpaired) electrons. The lowest BCUT2D eigenvalue weighted by atomic mass is 10.1. The van der Waals surface area contributed by atoms with Gasteiger partial charge in [0.15, 0.2) is 5.13 Å². The van der Waals surface area contributed by atoms with Crippen molar-refractivity contribution < 1.29 is 9.59 Å². The van der Waals surface area contributed by atoms with Gasteiger partial charge in [-0.3, -0.25) is 14.5 Å². The third kappa shape index (κ3) is 6.37. The van der Waals surface area contributed by atoms with Gasteiger partial charge in [-0.2, -0.15) is 0 Å². The van der Waals surface area contributed by atoms with E-state index >= 15 is 0 Å². The van der Waals surface area contributed by atoms with Gasteiger partial charge < -0.3 is 10.6 Å². The van der Waals surface area contributed by atoms with Crippen molar-refractivity contribution in [3.05, 3.63) is 40.4 Å². The summed E-state index contributed by atoms with van der Waals surface area (Å²) in [5.41, 5.74) is 4.01. The third-order valence-electron chi connectivity index (χ3n) is 5.06. The van der Waals surface area contributed by atoms with E-state index in [2.05, 4.69) is 34.4 Å². The maximum absolute atomic E-state index is 12.6. The van der Waals surface area contributed by atoms with Gasteiger partial charge in [0, 0.05) is 30.1 Å². The minimum atomic E-state index is -0.0600. The zero-order chi connectivity index (χ0) is 21.0. The Hall–Kier alpha value is -2.25. The molecule has 0 unspecified atom stereocenters. The molecule has 0 aliphatic heterocycles. The second-order valence-electron chi connectivity index (χ2n) is 8.10. The van der Waals surface area contributed by atoms with Crippen LogP contribution < -0.4 is 10.6 Å². The number of thiazole rings is 1. The van der Waals surface area contributed by atoms with E-state index in [1.807, 2.05) is 37.4 Å². The molecule has 1 aromatic heterocycles. The summed E-state index contributed by atoms with van der Waals surface area (Å²) in [6.07, 6.45) is 2.52. The zero-order valence-corrected chi connectivity index (χ0v) is 18.4. The van der Waals surface area contributed by atoms with E-state index in [9.17, 15) is 9.59 Å². The number of benzene rings is 1. The molecule has 7 heteroatoms. The van der Waals surface area contributed by atoms with Crippen molar-refractivity contribution in [2.75, 3.05) is 23.7 Å². The predicted octanol–water partition coefficient (Wildman–Crippen LogP) is 4.32. The maximum atomic E-state index is 12.6. The Labute approximate surface area is 176 Å². The number of nitrogens with one attached hydrogen (secondary N) is 2. The van der Waals surface area contributed by atoms with E-state index < -0.39 is 0 Å². The van der Waals surface area contributed by atoms with E-state index in [1.165, 1.54) is 11.3 Å². The summed E-state index contributed by atoms with van der Waals surface area (Å²) in [7, 11) is 0. The van der Waals surface area contributed by atoms with Gasteiger partial charge >= 0.3 is 0 Å². The monoisotopic (exact) mass is 414 g/mol. The Bertz CT molecular complexity index is 873. The summed E-state index contributed by atoms with van der Waals surface area (Å²) in [6, 6.07) is 6.44. The maximum Gasteiger partial charge on any atom is 0.238 e. The van der Waals surface area contributed by atoms with Crippen molar-refractivity contribution in [2.45, 2.75) is 58.9 Å². The highest BCUT2D eigenvalue weighted by Gasteiger charge is 2.30. The van der Waals surface area contributed by atoms with Gasteiger partial charge in [0.2, 0.25) is 11.8 Å². The second kappa shape index (κ2) is 9.50. The van der Waals surface area contributed by atoms with Crippen molar-refractivity contribution in [3.8, 4) is 0 Å². The first-order valence-electron chi connectivity index (χ1n) is 10.2. The molecule has 29 heavy (non-hydrogen) atoms. The summed E-state index contributed by atoms with van der Waals surface area (Å²) >= 11 is 1.45. The van der Waals surface area contributed by atoms with Crippen molar-refractivity contribution in [2.24, 2.45) is 0 Å². The fraction of sp³-hybridized carbons (Fsp3) is 0.500. The van der Waals surface area contributed by atoms with Gasteiger partial charge in [-0.25, -0.2) is 4.98 Å². The Morgan fingerprint density at radius 1 is 1.21 bits per heavy atom. The SMILES string of the molecule is Cc1ccc(C)c(NC(=O)CN(CCC(=O)Nc2nc(C(C)C)cs2)C2CC2)c1. The lowest BCUT2D eigenvalue weighted by Gasteiger charge is -2.21. The first kappa shape index (κ1) is 21.5. The third-order valence-corrected chi connectivity index (χ3v) is 5.84. The molecule has 0 spiro atoms. The van der Waals surface area contributed by atoms with Gasteiger partial charge in [-0.1, -0.05) is 26.0 Å². The topological polar surface area (TPSA) is 74.3 Å². The number of aryl methyl sites for hydroxylation is 2. The van der Waals surface area contributed by atoms with Gasteiger partial charge in [-0.15, -0.1) is 11.3 Å². The van der Waals surface area contributed by atoms with Crippen LogP contribution >= 0.6 is 11.3 Å². The fourth-order valence-corrected chi connectivity index (χ4v) is 4.00. The van der Waals surface area contributed by atoms with Gasteiger partial charge in [0.05, 0.1) is 12.2 Å². The second-order valence-corrected chi connectivity index (χ2v) is 8.96. The van der Waals surface area contributed by atoms with Gasteiger partial charge in [-0.05, 0) is 49.8 Å². The zero-order valence-electron chi connectivity index (χ0n) is 17.6. The fourth-order valence-electron chi connectivity index (χ4n) is 3.11. The van der Waals surface area contributed by atoms with Crippen molar-refractivity contribution in [1.29, 1.82) is 0 Å². The Morgan fingerprint density at radius 2 is 1.97 bits per heavy atom. The number of anilines is 2. The smallest absolute Gasteiger partial charge is 0.238 e. The number of hydrogen-bond acceptors (Lipinski definition) is 5. The number of carbonyl (C=O) groups is 2. The molecule has 1 aromatic carbocycles. The van der Waals surface area contributed by atoms with Crippen molar-refractivity contribution in [1.82, 2.24) is 9.88 Å². The lowest BCUT2D eigenvalue weighted by Crippen LogP contribution is -2.37. The van der Waals surface area contributed by atoms with E-state index in [0.29, 0.717) is 36.6 Å². The molecule has 0 atom stereocenters. The number of amides is 2. The van der Waals surface area contributed by atoms with Crippen LogP contribution in [0.15, 0.2) is 23.6 Å². The molecule has 2 amide bonds. The average molecular weight is 415 g/mol. The highest BCUT2D eigenvalue weighted by Crippen LogP contribution is 2.27. The molecule has 1 aliphatic rings. The van der Waals surface area contributed by atoms with Crippen LogP contribution in [0, 0.1) is 13.8 Å². The molecule has 6 nitrogen and oxygen atoms in total. The standard InChI is InChI=1S/C22H30N4O2S/c1-14(2)19-13-29-22(24-19)25-20(27)9-10-26(17-7-8-17)12-21(28)23-18-11-15(3)5-6-16(18)4/h5-6,11,13-14,17H,7-10,12H2,1-4H3,(H,23,28)(H,24,25,27). The van der Waals surface area contributed by atoms with Crippen LogP contribution in [0.4, 0.5) is 10.8 Å². The summed E-state index contributed by atoms with van der Waals surface area (Å²) in [6.45, 7) is 9.03. The molecule has 0 bridgehead atoms. The predicted molar refractivity (Wildman–Crippen MR) is 119 cm³/mol. The highest BCUT2D eigenvalue weighted by molar-refractivity contribution is 7.13. The molecule has 1 saturated carbocycles. The highest BCUT2D eigenvalue weighted by atomic mass is 32.1. The first-order valence-corrected chi connectivity index (χ1v) is 11.1. The molecular formula is C22H30N4O2S. The lowest BCUT2D eigenvalue weighted by molar-refractivity contribution is -0.119. The van der Waals surface area contributed by atoms with E-state index in [1.54, 1.807) is 0 Å². The largest absolute Gasteiger partial charge is 0.325 e. The molecule has 3 rings (SSSR count). The molecule has 156 valence electrons. The summed E-state index contributed by atoms with van der Waals surface area (Å²) in [5, 5.41) is 8.52. The minimum Gasteiger partial charge on any atom is -0.325 e. The van der Waals surface area contributed by atoms with Crippen molar-refractivity contribution in [3.63, 3.8) is 0 Å². The van der Waals surface area contributed by atoms with Crippen LogP contribution in [-0.2, 0) is 9.59 Å². The van der Waals surface area contributed by atoms with Crippen LogP contribution in [0.1, 0.15) is 55.8 Å². The van der Waals surface area contributed by atoms with E-state index in [0.717, 1.165) is 35.3 Å².